The molecule has 21 heavy (non-hydrogen) atoms. The molecule has 3 rings (SSSR count). The number of rotatable bonds is 3. The maximum absolute atomic E-state index is 4.45. The Morgan fingerprint density at radius 3 is 2.57 bits per heavy atom. The highest BCUT2D eigenvalue weighted by atomic mass is 79.9. The summed E-state index contributed by atoms with van der Waals surface area (Å²) < 4.78 is 1.10. The molecule has 0 aromatic heterocycles. The molecule has 2 aromatic carbocycles. The number of anilines is 1. The van der Waals surface area contributed by atoms with Crippen LogP contribution in [0.4, 0.5) is 5.69 Å². The van der Waals surface area contributed by atoms with Crippen LogP contribution in [0.15, 0.2) is 58.1 Å². The van der Waals surface area contributed by atoms with Crippen LogP contribution in [-0.2, 0) is 0 Å². The third-order valence-corrected chi connectivity index (χ3v) is 5.09. The van der Waals surface area contributed by atoms with Gasteiger partial charge >= 0.3 is 0 Å². The van der Waals surface area contributed by atoms with Crippen molar-refractivity contribution in [2.75, 3.05) is 19.0 Å². The van der Waals surface area contributed by atoms with Gasteiger partial charge < -0.3 is 4.90 Å². The van der Waals surface area contributed by atoms with Crippen LogP contribution in [0.2, 0.25) is 0 Å². The lowest BCUT2D eigenvalue weighted by atomic mass is 10.2. The number of hydrogen-bond donors (Lipinski definition) is 1. The fourth-order valence-corrected chi connectivity index (χ4v) is 3.93. The summed E-state index contributed by atoms with van der Waals surface area (Å²) in [5, 5.41) is 5.65. The van der Waals surface area contributed by atoms with E-state index in [1.54, 1.807) is 11.8 Å². The average Bonchev–Trinajstić information content (AvgIpc) is 2.97. The van der Waals surface area contributed by atoms with Gasteiger partial charge in [0, 0.05) is 24.1 Å². The lowest BCUT2D eigenvalue weighted by Gasteiger charge is -2.17. The van der Waals surface area contributed by atoms with Crippen molar-refractivity contribution in [3.8, 4) is 0 Å². The first-order chi connectivity index (χ1) is 10.1. The van der Waals surface area contributed by atoms with Gasteiger partial charge in [0.1, 0.15) is 10.4 Å². The van der Waals surface area contributed by atoms with Gasteiger partial charge in [0.15, 0.2) is 0 Å². The van der Waals surface area contributed by atoms with Gasteiger partial charge in [0.05, 0.1) is 5.69 Å². The van der Waals surface area contributed by atoms with Gasteiger partial charge in [-0.25, -0.2) is 0 Å². The number of halogens is 1. The molecule has 3 nitrogen and oxygen atoms in total. The van der Waals surface area contributed by atoms with Crippen molar-refractivity contribution >= 4 is 38.4 Å². The third kappa shape index (κ3) is 3.09. The number of hydrogen-bond acceptors (Lipinski definition) is 4. The van der Waals surface area contributed by atoms with E-state index in [1.165, 1.54) is 11.3 Å². The van der Waals surface area contributed by atoms with E-state index in [1.807, 2.05) is 32.3 Å². The second-order valence-corrected chi connectivity index (χ2v) is 6.96. The van der Waals surface area contributed by atoms with Crippen LogP contribution in [0.5, 0.6) is 0 Å². The first kappa shape index (κ1) is 14.5. The molecule has 0 aliphatic carbocycles. The summed E-state index contributed by atoms with van der Waals surface area (Å²) in [6.07, 6.45) is 0. The predicted octanol–water partition coefficient (Wildman–Crippen LogP) is 4.21. The highest BCUT2D eigenvalue weighted by Gasteiger charge is 2.22. The summed E-state index contributed by atoms with van der Waals surface area (Å²) >= 11 is 5.38. The lowest BCUT2D eigenvalue weighted by Crippen LogP contribution is -2.11. The molecule has 1 aliphatic rings. The topological polar surface area (TPSA) is 27.6 Å². The second-order valence-electron chi connectivity index (χ2n) is 5.02. The third-order valence-electron chi connectivity index (χ3n) is 3.29. The zero-order chi connectivity index (χ0) is 14.8. The Hall–Kier alpha value is -1.46. The molecule has 1 aliphatic heterocycles. The number of nitrogens with one attached hydrogen (secondary N) is 1. The number of benzene rings is 2. The molecule has 1 N–H and O–H groups in total. The Labute approximate surface area is 137 Å². The van der Waals surface area contributed by atoms with Crippen molar-refractivity contribution in [1.82, 2.24) is 5.43 Å². The van der Waals surface area contributed by atoms with E-state index < -0.39 is 0 Å². The van der Waals surface area contributed by atoms with Crippen molar-refractivity contribution < 1.29 is 0 Å². The second kappa shape index (κ2) is 6.12. The average molecular weight is 362 g/mol. The van der Waals surface area contributed by atoms with Crippen LogP contribution in [0, 0.1) is 0 Å². The first-order valence-electron chi connectivity index (χ1n) is 6.67. The normalized spacial score (nSPS) is 17.3. The Kier molecular flexibility index (Phi) is 4.22. The standard InChI is InChI=1S/C16H16BrN3S/c1-20(2)14-9-8-12(10-13(14)17)16-19-18-15(21-16)11-6-4-3-5-7-11/h3-10,16,19H,1-2H3/t16-/m1/s1. The van der Waals surface area contributed by atoms with Gasteiger partial charge in [0.2, 0.25) is 0 Å². The predicted molar refractivity (Wildman–Crippen MR) is 94.9 cm³/mol. The number of hydrazone groups is 1. The zero-order valence-electron chi connectivity index (χ0n) is 11.9. The van der Waals surface area contributed by atoms with Gasteiger partial charge in [-0.1, -0.05) is 48.2 Å². The molecule has 108 valence electrons. The van der Waals surface area contributed by atoms with Crippen LogP contribution >= 0.6 is 27.7 Å². The van der Waals surface area contributed by atoms with Crippen molar-refractivity contribution in [3.05, 3.63) is 64.1 Å². The minimum absolute atomic E-state index is 0.160. The molecule has 0 unspecified atom stereocenters. The SMILES string of the molecule is CN(C)c1ccc([C@@H]2NN=C(c3ccccc3)S2)cc1Br. The summed E-state index contributed by atoms with van der Waals surface area (Å²) in [7, 11) is 4.08. The fraction of sp³-hybridized carbons (Fsp3) is 0.188. The molecule has 1 atom stereocenters. The summed E-state index contributed by atoms with van der Waals surface area (Å²) in [5.41, 5.74) is 6.76. The fourth-order valence-electron chi connectivity index (χ4n) is 2.19. The first-order valence-corrected chi connectivity index (χ1v) is 8.34. The van der Waals surface area contributed by atoms with Crippen LogP contribution in [0.1, 0.15) is 16.5 Å². The lowest BCUT2D eigenvalue weighted by molar-refractivity contribution is 0.743. The van der Waals surface area contributed by atoms with E-state index in [2.05, 4.69) is 61.7 Å². The molecular formula is C16H16BrN3S. The molecule has 0 amide bonds. The number of thioether (sulfide) groups is 1. The van der Waals surface area contributed by atoms with Crippen molar-refractivity contribution in [2.45, 2.75) is 5.37 Å². The molecular weight excluding hydrogens is 346 g/mol. The van der Waals surface area contributed by atoms with Crippen molar-refractivity contribution in [1.29, 1.82) is 0 Å². The molecule has 5 heteroatoms. The monoisotopic (exact) mass is 361 g/mol. The van der Waals surface area contributed by atoms with Gasteiger partial charge in [0.25, 0.3) is 0 Å². The summed E-state index contributed by atoms with van der Waals surface area (Å²) in [6, 6.07) is 16.7. The van der Waals surface area contributed by atoms with E-state index in [4.69, 9.17) is 0 Å². The Morgan fingerprint density at radius 2 is 1.90 bits per heavy atom. The highest BCUT2D eigenvalue weighted by molar-refractivity contribution is 9.10. The largest absolute Gasteiger partial charge is 0.377 e. The van der Waals surface area contributed by atoms with E-state index in [9.17, 15) is 0 Å². The number of nitrogens with zero attached hydrogens (tertiary/aromatic N) is 2. The summed E-state index contributed by atoms with van der Waals surface area (Å²) in [6.45, 7) is 0. The molecule has 0 bridgehead atoms. The molecule has 0 spiro atoms. The van der Waals surface area contributed by atoms with E-state index >= 15 is 0 Å². The van der Waals surface area contributed by atoms with E-state index in [0.717, 1.165) is 15.1 Å². The molecule has 0 radical (unpaired) electrons. The minimum atomic E-state index is 0.160. The molecule has 1 heterocycles. The smallest absolute Gasteiger partial charge is 0.126 e. The Balaban J connectivity index is 1.78. The van der Waals surface area contributed by atoms with Gasteiger partial charge in [-0.15, -0.1) is 0 Å². The van der Waals surface area contributed by atoms with Crippen LogP contribution in [0.3, 0.4) is 0 Å². The van der Waals surface area contributed by atoms with Crippen LogP contribution in [0.25, 0.3) is 0 Å². The molecule has 2 aromatic rings. The highest BCUT2D eigenvalue weighted by Crippen LogP contribution is 2.37. The summed E-state index contributed by atoms with van der Waals surface area (Å²) in [4.78, 5) is 2.09. The summed E-state index contributed by atoms with van der Waals surface area (Å²) in [5.74, 6) is 0. The van der Waals surface area contributed by atoms with Gasteiger partial charge in [-0.3, -0.25) is 5.43 Å². The van der Waals surface area contributed by atoms with Crippen LogP contribution in [-0.4, -0.2) is 19.1 Å². The maximum atomic E-state index is 4.45. The molecule has 0 saturated heterocycles. The van der Waals surface area contributed by atoms with Crippen molar-refractivity contribution in [3.63, 3.8) is 0 Å². The molecule has 0 fully saturated rings. The maximum Gasteiger partial charge on any atom is 0.126 e. The van der Waals surface area contributed by atoms with Crippen LogP contribution < -0.4 is 10.3 Å². The quantitative estimate of drug-likeness (QED) is 0.886. The zero-order valence-corrected chi connectivity index (χ0v) is 14.3. The molecule has 0 saturated carbocycles. The van der Waals surface area contributed by atoms with Gasteiger partial charge in [-0.2, -0.15) is 5.10 Å². The Bertz CT molecular complexity index is 670. The van der Waals surface area contributed by atoms with Crippen molar-refractivity contribution in [2.24, 2.45) is 5.10 Å². The minimum Gasteiger partial charge on any atom is -0.377 e. The van der Waals surface area contributed by atoms with E-state index in [-0.39, 0.29) is 5.37 Å². The van der Waals surface area contributed by atoms with E-state index in [0.29, 0.717) is 0 Å². The Morgan fingerprint density at radius 1 is 1.14 bits per heavy atom. The van der Waals surface area contributed by atoms with Gasteiger partial charge in [-0.05, 0) is 33.6 Å².